The average Bonchev–Trinajstić information content (AvgIpc) is 3.51. The molecule has 0 spiro atoms. The highest BCUT2D eigenvalue weighted by Crippen LogP contribution is 2.31. The van der Waals surface area contributed by atoms with Gasteiger partial charge in [-0.05, 0) is 73.7 Å². The molecule has 0 saturated carbocycles. The summed E-state index contributed by atoms with van der Waals surface area (Å²) < 4.78 is 6.25. The largest absolute Gasteiger partial charge is 0.492 e. The Morgan fingerprint density at radius 1 is 0.897 bits per heavy atom. The lowest BCUT2D eigenvalue weighted by molar-refractivity contribution is -0.137. The van der Waals surface area contributed by atoms with Crippen LogP contribution in [0.15, 0.2) is 42.5 Å². The second-order valence-electron chi connectivity index (χ2n) is 11.0. The lowest BCUT2D eigenvalue weighted by atomic mass is 10.0. The molecule has 9 heteroatoms. The Labute approximate surface area is 228 Å². The summed E-state index contributed by atoms with van der Waals surface area (Å²) in [6, 6.07) is 13.5. The summed E-state index contributed by atoms with van der Waals surface area (Å²) in [6.45, 7) is 3.55. The van der Waals surface area contributed by atoms with E-state index in [1.165, 1.54) is 12.0 Å². The monoisotopic (exact) mass is 530 g/mol. The third-order valence-electron chi connectivity index (χ3n) is 8.39. The molecule has 0 aromatic heterocycles. The molecule has 2 atom stereocenters. The molecule has 3 fully saturated rings. The summed E-state index contributed by atoms with van der Waals surface area (Å²) in [7, 11) is 0. The van der Waals surface area contributed by atoms with E-state index in [1.807, 2.05) is 17.0 Å². The fraction of sp³-hybridized carbons (Fsp3) is 0.467. The zero-order chi connectivity index (χ0) is 26.9. The Bertz CT molecular complexity index is 1290. The number of hydrogen-bond acceptors (Lipinski definition) is 6. The van der Waals surface area contributed by atoms with Gasteiger partial charge in [0.1, 0.15) is 18.4 Å². The molecule has 4 aliphatic rings. The van der Waals surface area contributed by atoms with Gasteiger partial charge in [-0.25, -0.2) is 0 Å². The number of piperidine rings is 2. The van der Waals surface area contributed by atoms with Gasteiger partial charge < -0.3 is 14.5 Å². The fourth-order valence-electron chi connectivity index (χ4n) is 6.23. The van der Waals surface area contributed by atoms with Crippen molar-refractivity contribution >= 4 is 29.3 Å². The van der Waals surface area contributed by atoms with Gasteiger partial charge in [0.05, 0.1) is 0 Å². The Hall–Kier alpha value is -3.72. The smallest absolute Gasteiger partial charge is 0.255 e. The third kappa shape index (κ3) is 5.28. The number of carbonyl (C=O) groups excluding carboxylic acids is 4. The molecule has 0 aliphatic carbocycles. The number of imide groups is 1. The molecule has 4 heterocycles. The maximum atomic E-state index is 13.0. The topological polar surface area (TPSA) is 99.3 Å². The molecule has 4 amide bonds. The van der Waals surface area contributed by atoms with Gasteiger partial charge in [-0.2, -0.15) is 0 Å². The zero-order valence-corrected chi connectivity index (χ0v) is 22.1. The normalized spacial score (nSPS) is 23.8. The summed E-state index contributed by atoms with van der Waals surface area (Å²) >= 11 is 0. The predicted molar refractivity (Wildman–Crippen MR) is 144 cm³/mol. The molecule has 4 aliphatic heterocycles. The van der Waals surface area contributed by atoms with Crippen LogP contribution in [0.1, 0.15) is 66.4 Å². The Kier molecular flexibility index (Phi) is 7.08. The second kappa shape index (κ2) is 10.8. The first kappa shape index (κ1) is 25.6. The number of amides is 4. The number of carbonyl (C=O) groups is 4. The van der Waals surface area contributed by atoms with Crippen LogP contribution in [-0.2, 0) is 27.5 Å². The summed E-state index contributed by atoms with van der Waals surface area (Å²) in [5, 5.41) is 2.34. The molecule has 3 saturated heterocycles. The molecule has 2 aromatic carbocycles. The van der Waals surface area contributed by atoms with Gasteiger partial charge in [0.25, 0.3) is 5.91 Å². The number of hydrogen-bond donors (Lipinski definition) is 1. The first-order valence-corrected chi connectivity index (χ1v) is 14.0. The number of likely N-dealkylation sites (tertiary alicyclic amines) is 1. The van der Waals surface area contributed by atoms with Crippen molar-refractivity contribution in [2.24, 2.45) is 0 Å². The lowest BCUT2D eigenvalue weighted by Crippen LogP contribution is -2.52. The van der Waals surface area contributed by atoms with Gasteiger partial charge in [-0.1, -0.05) is 18.6 Å². The highest BCUT2D eigenvalue weighted by Gasteiger charge is 2.39. The third-order valence-corrected chi connectivity index (χ3v) is 8.39. The maximum Gasteiger partial charge on any atom is 0.255 e. The summed E-state index contributed by atoms with van der Waals surface area (Å²) in [5.41, 5.74) is 3.64. The van der Waals surface area contributed by atoms with Gasteiger partial charge in [0, 0.05) is 49.8 Å². The van der Waals surface area contributed by atoms with Crippen molar-refractivity contribution in [3.05, 3.63) is 59.2 Å². The van der Waals surface area contributed by atoms with Gasteiger partial charge >= 0.3 is 0 Å². The van der Waals surface area contributed by atoms with Crippen LogP contribution >= 0.6 is 0 Å². The van der Waals surface area contributed by atoms with Crippen LogP contribution in [0.3, 0.4) is 0 Å². The van der Waals surface area contributed by atoms with Crippen LogP contribution in [0.2, 0.25) is 0 Å². The van der Waals surface area contributed by atoms with Gasteiger partial charge in [-0.3, -0.25) is 29.4 Å². The van der Waals surface area contributed by atoms with Crippen molar-refractivity contribution in [3.8, 4) is 5.75 Å². The van der Waals surface area contributed by atoms with Crippen LogP contribution in [0, 0.1) is 0 Å². The SMILES string of the molecule is O=C1CCC(N2Cc3cc(OC[C@@H]4CCCCN4Cc4ccc(N5CCCC5=O)cc4)ccc3C2=O)C(=O)N1. The molecular formula is C30H34N4O5. The van der Waals surface area contributed by atoms with Crippen LogP contribution in [-0.4, -0.2) is 65.2 Å². The van der Waals surface area contributed by atoms with E-state index in [-0.39, 0.29) is 30.2 Å². The fourth-order valence-corrected chi connectivity index (χ4v) is 6.23. The summed E-state index contributed by atoms with van der Waals surface area (Å²) in [5.74, 6) is 0.0564. The van der Waals surface area contributed by atoms with Crippen LogP contribution in [0.25, 0.3) is 0 Å². The summed E-state index contributed by atoms with van der Waals surface area (Å²) in [6.07, 6.45) is 5.54. The van der Waals surface area contributed by atoms with Crippen LogP contribution < -0.4 is 15.0 Å². The zero-order valence-electron chi connectivity index (χ0n) is 22.1. The van der Waals surface area contributed by atoms with Crippen molar-refractivity contribution in [3.63, 3.8) is 0 Å². The first-order chi connectivity index (χ1) is 19.0. The van der Waals surface area contributed by atoms with E-state index >= 15 is 0 Å². The van der Waals surface area contributed by atoms with Gasteiger partial charge in [0.2, 0.25) is 17.7 Å². The Morgan fingerprint density at radius 2 is 1.74 bits per heavy atom. The lowest BCUT2D eigenvalue weighted by Gasteiger charge is -2.35. The van der Waals surface area contributed by atoms with Gasteiger partial charge in [0.15, 0.2) is 0 Å². The number of fused-ring (bicyclic) bond motifs is 1. The van der Waals surface area contributed by atoms with Crippen LogP contribution in [0.5, 0.6) is 5.75 Å². The van der Waals surface area contributed by atoms with Crippen molar-refractivity contribution in [1.29, 1.82) is 0 Å². The van der Waals surface area contributed by atoms with Crippen molar-refractivity contribution in [2.45, 2.75) is 70.1 Å². The first-order valence-electron chi connectivity index (χ1n) is 14.0. The highest BCUT2D eigenvalue weighted by atomic mass is 16.5. The Balaban J connectivity index is 1.07. The molecule has 2 aromatic rings. The molecule has 0 radical (unpaired) electrons. The van der Waals surface area contributed by atoms with Gasteiger partial charge in [-0.15, -0.1) is 0 Å². The maximum absolute atomic E-state index is 13.0. The summed E-state index contributed by atoms with van der Waals surface area (Å²) in [4.78, 5) is 54.7. The van der Waals surface area contributed by atoms with Crippen molar-refractivity contribution in [1.82, 2.24) is 15.1 Å². The van der Waals surface area contributed by atoms with Crippen LogP contribution in [0.4, 0.5) is 5.69 Å². The van der Waals surface area contributed by atoms with E-state index in [2.05, 4.69) is 34.5 Å². The van der Waals surface area contributed by atoms with E-state index in [9.17, 15) is 19.2 Å². The van der Waals surface area contributed by atoms with E-state index in [0.717, 1.165) is 55.9 Å². The van der Waals surface area contributed by atoms with Crippen molar-refractivity contribution in [2.75, 3.05) is 24.6 Å². The van der Waals surface area contributed by atoms with E-state index < -0.39 is 11.9 Å². The number of ether oxygens (including phenoxy) is 1. The average molecular weight is 531 g/mol. The number of nitrogens with one attached hydrogen (secondary N) is 1. The minimum Gasteiger partial charge on any atom is -0.492 e. The highest BCUT2D eigenvalue weighted by molar-refractivity contribution is 6.05. The number of nitrogens with zero attached hydrogens (tertiary/aromatic N) is 3. The number of anilines is 1. The molecule has 204 valence electrons. The van der Waals surface area contributed by atoms with E-state index in [1.54, 1.807) is 11.0 Å². The number of rotatable bonds is 7. The van der Waals surface area contributed by atoms with Crippen molar-refractivity contribution < 1.29 is 23.9 Å². The van der Waals surface area contributed by atoms with E-state index in [4.69, 9.17) is 4.74 Å². The minimum atomic E-state index is -0.618. The molecule has 1 N–H and O–H groups in total. The standard InChI is InChI=1S/C30H34N4O5/c35-27-13-12-26(29(37)31-27)34-18-21-16-24(10-11-25(21)30(34)38)39-19-23-4-1-2-14-32(23)17-20-6-8-22(9-7-20)33-15-3-5-28(33)36/h6-11,16,23,26H,1-5,12-15,17-19H2,(H,31,35,37)/t23-,26?/m0/s1. The molecular weight excluding hydrogens is 496 g/mol. The molecule has 6 rings (SSSR count). The quantitative estimate of drug-likeness (QED) is 0.553. The second-order valence-corrected chi connectivity index (χ2v) is 11.0. The molecule has 9 nitrogen and oxygen atoms in total. The molecule has 0 bridgehead atoms. The molecule has 39 heavy (non-hydrogen) atoms. The minimum absolute atomic E-state index is 0.176. The predicted octanol–water partition coefficient (Wildman–Crippen LogP) is 3.01. The Morgan fingerprint density at radius 3 is 2.51 bits per heavy atom. The number of benzene rings is 2. The van der Waals surface area contributed by atoms with E-state index in [0.29, 0.717) is 31.6 Å². The molecule has 1 unspecified atom stereocenters.